The Morgan fingerprint density at radius 2 is 2.11 bits per heavy atom. The molecule has 0 radical (unpaired) electrons. The maximum absolute atomic E-state index is 12.2. The van der Waals surface area contributed by atoms with Crippen LogP contribution in [-0.2, 0) is 4.74 Å². The number of methoxy groups -OCH3 is 1. The van der Waals surface area contributed by atoms with Gasteiger partial charge in [0.25, 0.3) is 5.91 Å². The van der Waals surface area contributed by atoms with Crippen molar-refractivity contribution in [3.8, 4) is 0 Å². The number of ether oxygens (including phenoxy) is 1. The summed E-state index contributed by atoms with van der Waals surface area (Å²) in [5.74, 6) is -0.0933. The zero-order chi connectivity index (χ0) is 14.6. The van der Waals surface area contributed by atoms with E-state index < -0.39 is 0 Å². The van der Waals surface area contributed by atoms with Crippen molar-refractivity contribution in [3.63, 3.8) is 0 Å². The first-order valence-corrected chi connectivity index (χ1v) is 6.47. The monoisotopic (exact) mass is 264 g/mol. The number of nitrogen functional groups attached to an aromatic ring is 1. The molecule has 106 valence electrons. The van der Waals surface area contributed by atoms with Crippen molar-refractivity contribution in [2.24, 2.45) is 0 Å². The van der Waals surface area contributed by atoms with Crippen molar-refractivity contribution in [1.29, 1.82) is 0 Å². The van der Waals surface area contributed by atoms with Crippen LogP contribution in [0, 0.1) is 6.92 Å². The van der Waals surface area contributed by atoms with Crippen LogP contribution in [0.15, 0.2) is 18.2 Å². The van der Waals surface area contributed by atoms with E-state index in [1.54, 1.807) is 19.2 Å². The summed E-state index contributed by atoms with van der Waals surface area (Å²) in [5.41, 5.74) is 7.61. The highest BCUT2D eigenvalue weighted by Gasteiger charge is 2.22. The molecule has 4 nitrogen and oxygen atoms in total. The molecule has 19 heavy (non-hydrogen) atoms. The van der Waals surface area contributed by atoms with Gasteiger partial charge in [-0.1, -0.05) is 6.07 Å². The second-order valence-corrected chi connectivity index (χ2v) is 5.62. The van der Waals surface area contributed by atoms with E-state index >= 15 is 0 Å². The minimum absolute atomic E-state index is 0.0308. The molecular weight excluding hydrogens is 240 g/mol. The topological polar surface area (TPSA) is 64.3 Å². The number of benzene rings is 1. The molecule has 0 aliphatic rings. The summed E-state index contributed by atoms with van der Waals surface area (Å²) in [7, 11) is 1.68. The molecule has 1 amide bonds. The number of carbonyl (C=O) groups excluding carboxylic acids is 1. The highest BCUT2D eigenvalue weighted by molar-refractivity contribution is 5.96. The van der Waals surface area contributed by atoms with Gasteiger partial charge in [0.2, 0.25) is 0 Å². The average molecular weight is 264 g/mol. The second kappa shape index (κ2) is 6.06. The van der Waals surface area contributed by atoms with Crippen LogP contribution in [0.25, 0.3) is 0 Å². The molecule has 0 aliphatic heterocycles. The van der Waals surface area contributed by atoms with E-state index in [1.807, 2.05) is 33.8 Å². The molecule has 1 aromatic carbocycles. The summed E-state index contributed by atoms with van der Waals surface area (Å²) in [6.07, 6.45) is 0.747. The molecule has 1 unspecified atom stereocenters. The third-order valence-electron chi connectivity index (χ3n) is 3.23. The molecule has 0 heterocycles. The van der Waals surface area contributed by atoms with Gasteiger partial charge in [-0.2, -0.15) is 0 Å². The van der Waals surface area contributed by atoms with Crippen molar-refractivity contribution in [1.82, 2.24) is 5.32 Å². The Labute approximate surface area is 115 Å². The number of carbonyl (C=O) groups is 1. The summed E-state index contributed by atoms with van der Waals surface area (Å²) in [6.45, 7) is 7.88. The fourth-order valence-electron chi connectivity index (χ4n) is 2.06. The first-order chi connectivity index (χ1) is 8.75. The molecule has 1 atom stereocenters. The Morgan fingerprint density at radius 1 is 1.47 bits per heavy atom. The van der Waals surface area contributed by atoms with Gasteiger partial charge in [0.15, 0.2) is 0 Å². The van der Waals surface area contributed by atoms with Gasteiger partial charge in [0.1, 0.15) is 0 Å². The minimum atomic E-state index is -0.253. The maximum Gasteiger partial charge on any atom is 0.251 e. The largest absolute Gasteiger partial charge is 0.399 e. The van der Waals surface area contributed by atoms with Crippen molar-refractivity contribution >= 4 is 11.6 Å². The zero-order valence-corrected chi connectivity index (χ0v) is 12.4. The summed E-state index contributed by atoms with van der Waals surface area (Å²) < 4.78 is 5.37. The van der Waals surface area contributed by atoms with E-state index in [-0.39, 0.29) is 17.6 Å². The number of nitrogens with one attached hydrogen (secondary N) is 1. The maximum atomic E-state index is 12.2. The third kappa shape index (κ3) is 4.56. The highest BCUT2D eigenvalue weighted by Crippen LogP contribution is 2.17. The van der Waals surface area contributed by atoms with Crippen LogP contribution < -0.4 is 11.1 Å². The van der Waals surface area contributed by atoms with E-state index in [2.05, 4.69) is 5.32 Å². The van der Waals surface area contributed by atoms with Gasteiger partial charge in [0, 0.05) is 24.4 Å². The summed E-state index contributed by atoms with van der Waals surface area (Å²) >= 11 is 0. The first-order valence-electron chi connectivity index (χ1n) is 6.47. The van der Waals surface area contributed by atoms with E-state index in [0.29, 0.717) is 11.3 Å². The fourth-order valence-corrected chi connectivity index (χ4v) is 2.06. The number of hydrogen-bond donors (Lipinski definition) is 2. The predicted molar refractivity (Wildman–Crippen MR) is 78.2 cm³/mol. The molecule has 0 fully saturated rings. The van der Waals surface area contributed by atoms with Gasteiger partial charge in [-0.3, -0.25) is 4.79 Å². The Morgan fingerprint density at radius 3 is 2.68 bits per heavy atom. The van der Waals surface area contributed by atoms with Gasteiger partial charge in [-0.15, -0.1) is 0 Å². The minimum Gasteiger partial charge on any atom is -0.399 e. The predicted octanol–water partition coefficient (Wildman–Crippen LogP) is 2.51. The van der Waals surface area contributed by atoms with Gasteiger partial charge in [-0.05, 0) is 51.8 Å². The summed E-state index contributed by atoms with van der Waals surface area (Å²) in [4.78, 5) is 12.2. The van der Waals surface area contributed by atoms with Gasteiger partial charge < -0.3 is 15.8 Å². The average Bonchev–Trinajstić information content (AvgIpc) is 2.31. The summed E-state index contributed by atoms with van der Waals surface area (Å²) in [6, 6.07) is 5.39. The number of amides is 1. The lowest BCUT2D eigenvalue weighted by molar-refractivity contribution is 0.00885. The van der Waals surface area contributed by atoms with Crippen LogP contribution in [0.3, 0.4) is 0 Å². The Kier molecular flexibility index (Phi) is 4.95. The molecular formula is C15H24N2O2. The van der Waals surface area contributed by atoms with Gasteiger partial charge in [0.05, 0.1) is 5.60 Å². The fraction of sp³-hybridized carbons (Fsp3) is 0.533. The van der Waals surface area contributed by atoms with Crippen molar-refractivity contribution in [2.45, 2.75) is 45.8 Å². The molecule has 0 saturated heterocycles. The van der Waals surface area contributed by atoms with Crippen molar-refractivity contribution < 1.29 is 9.53 Å². The number of nitrogens with two attached hydrogens (primary N) is 1. The quantitative estimate of drug-likeness (QED) is 0.803. The lowest BCUT2D eigenvalue weighted by Gasteiger charge is -2.27. The van der Waals surface area contributed by atoms with E-state index in [0.717, 1.165) is 12.0 Å². The van der Waals surface area contributed by atoms with Crippen molar-refractivity contribution in [2.75, 3.05) is 12.8 Å². The standard InChI is InChI=1S/C15H24N2O2/c1-10-6-7-12(16)8-13(10)14(18)17-11(2)9-15(3,4)19-5/h6-8,11H,9,16H2,1-5H3,(H,17,18). The van der Waals surface area contributed by atoms with E-state index in [4.69, 9.17) is 10.5 Å². The third-order valence-corrected chi connectivity index (χ3v) is 3.23. The Balaban J connectivity index is 2.72. The molecule has 0 spiro atoms. The Bertz CT molecular complexity index is 455. The van der Waals surface area contributed by atoms with Crippen molar-refractivity contribution in [3.05, 3.63) is 29.3 Å². The van der Waals surface area contributed by atoms with E-state index in [9.17, 15) is 4.79 Å². The number of rotatable bonds is 5. The Hall–Kier alpha value is -1.55. The summed E-state index contributed by atoms with van der Waals surface area (Å²) in [5, 5.41) is 2.98. The normalized spacial score (nSPS) is 13.1. The van der Waals surface area contributed by atoms with Crippen LogP contribution in [0.2, 0.25) is 0 Å². The molecule has 4 heteroatoms. The SMILES string of the molecule is COC(C)(C)CC(C)NC(=O)c1cc(N)ccc1C. The molecule has 0 bridgehead atoms. The van der Waals surface area contributed by atoms with Crippen LogP contribution in [0.4, 0.5) is 5.69 Å². The molecule has 3 N–H and O–H groups in total. The molecule has 1 aromatic rings. The van der Waals surface area contributed by atoms with Crippen LogP contribution in [0.1, 0.15) is 43.1 Å². The van der Waals surface area contributed by atoms with E-state index in [1.165, 1.54) is 0 Å². The smallest absolute Gasteiger partial charge is 0.251 e. The molecule has 0 saturated carbocycles. The van der Waals surface area contributed by atoms with Gasteiger partial charge in [-0.25, -0.2) is 0 Å². The number of hydrogen-bond acceptors (Lipinski definition) is 3. The second-order valence-electron chi connectivity index (χ2n) is 5.62. The van der Waals surface area contributed by atoms with Crippen LogP contribution in [-0.4, -0.2) is 24.7 Å². The molecule has 0 aromatic heterocycles. The first kappa shape index (κ1) is 15.5. The zero-order valence-electron chi connectivity index (χ0n) is 12.4. The highest BCUT2D eigenvalue weighted by atomic mass is 16.5. The van der Waals surface area contributed by atoms with Crippen LogP contribution in [0.5, 0.6) is 0 Å². The van der Waals surface area contributed by atoms with Gasteiger partial charge >= 0.3 is 0 Å². The lowest BCUT2D eigenvalue weighted by Crippen LogP contribution is -2.39. The number of anilines is 1. The lowest BCUT2D eigenvalue weighted by atomic mass is 9.99. The number of aryl methyl sites for hydroxylation is 1. The molecule has 1 rings (SSSR count). The van der Waals surface area contributed by atoms with Crippen LogP contribution >= 0.6 is 0 Å². The molecule has 0 aliphatic carbocycles.